The highest BCUT2D eigenvalue weighted by Gasteiger charge is 2.11. The lowest BCUT2D eigenvalue weighted by molar-refractivity contribution is 0.354. The molecule has 0 aliphatic heterocycles. The van der Waals surface area contributed by atoms with Crippen molar-refractivity contribution in [1.29, 1.82) is 0 Å². The van der Waals surface area contributed by atoms with Crippen LogP contribution in [0.25, 0.3) is 11.5 Å². The summed E-state index contributed by atoms with van der Waals surface area (Å²) in [6, 6.07) is 13.7. The van der Waals surface area contributed by atoms with Gasteiger partial charge in [0.1, 0.15) is 0 Å². The van der Waals surface area contributed by atoms with Crippen LogP contribution >= 0.6 is 0 Å². The number of methoxy groups -OCH3 is 2. The van der Waals surface area contributed by atoms with Gasteiger partial charge in [-0.3, -0.25) is 0 Å². The Kier molecular flexibility index (Phi) is 4.28. The van der Waals surface area contributed by atoms with E-state index < -0.39 is 0 Å². The molecule has 0 atom stereocenters. The van der Waals surface area contributed by atoms with E-state index in [9.17, 15) is 0 Å². The Bertz CT molecular complexity index is 812. The van der Waals surface area contributed by atoms with Crippen LogP contribution in [0.4, 0.5) is 0 Å². The van der Waals surface area contributed by atoms with E-state index in [2.05, 4.69) is 10.1 Å². The topological polar surface area (TPSA) is 57.4 Å². The molecule has 0 unspecified atom stereocenters. The first kappa shape index (κ1) is 15.1. The highest BCUT2D eigenvalue weighted by Crippen LogP contribution is 2.28. The third-order valence-electron chi connectivity index (χ3n) is 3.54. The quantitative estimate of drug-likeness (QED) is 0.720. The van der Waals surface area contributed by atoms with Crippen LogP contribution < -0.4 is 9.47 Å². The number of hydrogen-bond acceptors (Lipinski definition) is 5. The monoisotopic (exact) mass is 310 g/mol. The third kappa shape index (κ3) is 3.34. The van der Waals surface area contributed by atoms with Crippen molar-refractivity contribution in [3.05, 3.63) is 59.4 Å². The normalized spacial score (nSPS) is 10.6. The molecule has 3 rings (SSSR count). The summed E-state index contributed by atoms with van der Waals surface area (Å²) in [5, 5.41) is 4.06. The van der Waals surface area contributed by atoms with Crippen molar-refractivity contribution in [3.63, 3.8) is 0 Å². The number of aryl methyl sites for hydroxylation is 1. The lowest BCUT2D eigenvalue weighted by atomic mass is 10.1. The van der Waals surface area contributed by atoms with Crippen LogP contribution in [0.1, 0.15) is 17.0 Å². The fraction of sp³-hybridized carbons (Fsp3) is 0.222. The maximum Gasteiger partial charge on any atom is 0.257 e. The van der Waals surface area contributed by atoms with E-state index in [0.29, 0.717) is 29.6 Å². The smallest absolute Gasteiger partial charge is 0.257 e. The van der Waals surface area contributed by atoms with Crippen LogP contribution in [0.5, 0.6) is 11.5 Å². The molecule has 0 spiro atoms. The summed E-state index contributed by atoms with van der Waals surface area (Å²) < 4.78 is 15.9. The molecule has 0 N–H and O–H groups in total. The molecule has 2 aromatic carbocycles. The molecular formula is C18H18N2O3. The first-order chi connectivity index (χ1) is 11.2. The maximum atomic E-state index is 5.36. The Balaban J connectivity index is 1.82. The highest BCUT2D eigenvalue weighted by atomic mass is 16.5. The van der Waals surface area contributed by atoms with Crippen LogP contribution in [0.3, 0.4) is 0 Å². The molecule has 5 nitrogen and oxygen atoms in total. The average molecular weight is 310 g/mol. The average Bonchev–Trinajstić information content (AvgIpc) is 3.03. The summed E-state index contributed by atoms with van der Waals surface area (Å²) in [6.45, 7) is 2.03. The minimum Gasteiger partial charge on any atom is -0.493 e. The van der Waals surface area contributed by atoms with Gasteiger partial charge in [-0.15, -0.1) is 0 Å². The molecule has 0 fully saturated rings. The fourth-order valence-corrected chi connectivity index (χ4v) is 2.39. The Hall–Kier alpha value is -2.82. The second kappa shape index (κ2) is 6.52. The van der Waals surface area contributed by atoms with Gasteiger partial charge in [-0.1, -0.05) is 28.9 Å². The summed E-state index contributed by atoms with van der Waals surface area (Å²) in [7, 11) is 3.23. The number of rotatable bonds is 5. The fourth-order valence-electron chi connectivity index (χ4n) is 2.39. The molecule has 0 saturated heterocycles. The Morgan fingerprint density at radius 2 is 1.83 bits per heavy atom. The zero-order valence-corrected chi connectivity index (χ0v) is 13.4. The first-order valence-electron chi connectivity index (χ1n) is 7.30. The van der Waals surface area contributed by atoms with E-state index in [1.165, 1.54) is 0 Å². The van der Waals surface area contributed by atoms with Crippen molar-refractivity contribution in [2.75, 3.05) is 14.2 Å². The highest BCUT2D eigenvalue weighted by molar-refractivity contribution is 5.54. The second-order valence-corrected chi connectivity index (χ2v) is 5.25. The number of benzene rings is 2. The third-order valence-corrected chi connectivity index (χ3v) is 3.54. The Morgan fingerprint density at radius 1 is 1.00 bits per heavy atom. The Labute approximate surface area is 134 Å². The second-order valence-electron chi connectivity index (χ2n) is 5.25. The molecule has 0 amide bonds. The molecule has 1 aromatic heterocycles. The molecule has 1 heterocycles. The minimum absolute atomic E-state index is 0.532. The van der Waals surface area contributed by atoms with Gasteiger partial charge in [0.05, 0.1) is 14.2 Å². The summed E-state index contributed by atoms with van der Waals surface area (Å²) in [4.78, 5) is 4.47. The van der Waals surface area contributed by atoms with Crippen molar-refractivity contribution < 1.29 is 14.0 Å². The minimum atomic E-state index is 0.532. The zero-order chi connectivity index (χ0) is 16.2. The SMILES string of the molecule is COc1ccc(Cc2noc(-c3cccc(C)c3)n2)cc1OC. The van der Waals surface area contributed by atoms with Crippen LogP contribution in [-0.2, 0) is 6.42 Å². The van der Waals surface area contributed by atoms with Gasteiger partial charge in [0, 0.05) is 12.0 Å². The Morgan fingerprint density at radius 3 is 2.57 bits per heavy atom. The van der Waals surface area contributed by atoms with E-state index in [1.54, 1.807) is 14.2 Å². The van der Waals surface area contributed by atoms with Gasteiger partial charge in [-0.05, 0) is 36.8 Å². The van der Waals surface area contributed by atoms with E-state index in [-0.39, 0.29) is 0 Å². The first-order valence-corrected chi connectivity index (χ1v) is 7.30. The van der Waals surface area contributed by atoms with Crippen molar-refractivity contribution in [2.24, 2.45) is 0 Å². The summed E-state index contributed by atoms with van der Waals surface area (Å²) in [5.41, 5.74) is 3.11. The van der Waals surface area contributed by atoms with Crippen LogP contribution in [0, 0.1) is 6.92 Å². The van der Waals surface area contributed by atoms with Gasteiger partial charge in [0.2, 0.25) is 0 Å². The molecule has 0 aliphatic carbocycles. The van der Waals surface area contributed by atoms with Crippen molar-refractivity contribution in [2.45, 2.75) is 13.3 Å². The number of hydrogen-bond donors (Lipinski definition) is 0. The number of nitrogens with zero attached hydrogens (tertiary/aromatic N) is 2. The molecule has 0 radical (unpaired) electrons. The molecule has 0 aliphatic rings. The van der Waals surface area contributed by atoms with Crippen LogP contribution in [0.15, 0.2) is 47.0 Å². The number of aromatic nitrogens is 2. The van der Waals surface area contributed by atoms with Crippen molar-refractivity contribution in [3.8, 4) is 23.0 Å². The summed E-state index contributed by atoms with van der Waals surface area (Å²) >= 11 is 0. The van der Waals surface area contributed by atoms with Gasteiger partial charge in [-0.25, -0.2) is 0 Å². The summed E-state index contributed by atoms with van der Waals surface area (Å²) in [5.74, 6) is 2.55. The predicted molar refractivity (Wildman–Crippen MR) is 86.8 cm³/mol. The number of ether oxygens (including phenoxy) is 2. The molecule has 118 valence electrons. The van der Waals surface area contributed by atoms with E-state index >= 15 is 0 Å². The van der Waals surface area contributed by atoms with Crippen LogP contribution in [-0.4, -0.2) is 24.4 Å². The lowest BCUT2D eigenvalue weighted by Gasteiger charge is -2.08. The zero-order valence-electron chi connectivity index (χ0n) is 13.4. The van der Waals surface area contributed by atoms with E-state index in [1.807, 2.05) is 49.4 Å². The molecule has 5 heteroatoms. The van der Waals surface area contributed by atoms with E-state index in [4.69, 9.17) is 14.0 Å². The molecular weight excluding hydrogens is 292 g/mol. The standard InChI is InChI=1S/C18H18N2O3/c1-12-5-4-6-14(9-12)18-19-17(20-23-18)11-13-7-8-15(21-2)16(10-13)22-3/h4-10H,11H2,1-3H3. The summed E-state index contributed by atoms with van der Waals surface area (Å²) in [6.07, 6.45) is 0.565. The maximum absolute atomic E-state index is 5.36. The van der Waals surface area contributed by atoms with Gasteiger partial charge in [-0.2, -0.15) is 4.98 Å². The van der Waals surface area contributed by atoms with Gasteiger partial charge in [0.15, 0.2) is 17.3 Å². The van der Waals surface area contributed by atoms with Gasteiger partial charge in [0.25, 0.3) is 5.89 Å². The molecule has 3 aromatic rings. The van der Waals surface area contributed by atoms with Gasteiger partial charge >= 0.3 is 0 Å². The largest absolute Gasteiger partial charge is 0.493 e. The van der Waals surface area contributed by atoms with Crippen molar-refractivity contribution in [1.82, 2.24) is 10.1 Å². The lowest BCUT2D eigenvalue weighted by Crippen LogP contribution is -1.95. The van der Waals surface area contributed by atoms with E-state index in [0.717, 1.165) is 16.7 Å². The van der Waals surface area contributed by atoms with Crippen molar-refractivity contribution >= 4 is 0 Å². The predicted octanol–water partition coefficient (Wildman–Crippen LogP) is 3.65. The van der Waals surface area contributed by atoms with Gasteiger partial charge < -0.3 is 14.0 Å². The molecule has 0 bridgehead atoms. The molecule has 0 saturated carbocycles. The molecule has 23 heavy (non-hydrogen) atoms. The van der Waals surface area contributed by atoms with Crippen LogP contribution in [0.2, 0.25) is 0 Å².